The molecule has 212 valence electrons. The van der Waals surface area contributed by atoms with Crippen molar-refractivity contribution in [2.24, 2.45) is 0 Å². The van der Waals surface area contributed by atoms with Gasteiger partial charge in [0.1, 0.15) is 11.3 Å². The zero-order valence-electron chi connectivity index (χ0n) is 24.5. The molecule has 0 aliphatic carbocycles. The third-order valence-corrected chi connectivity index (χ3v) is 8.02. The number of fused-ring (bicyclic) bond motifs is 1. The van der Waals surface area contributed by atoms with E-state index in [4.69, 9.17) is 4.98 Å². The van der Waals surface area contributed by atoms with Gasteiger partial charge in [0.15, 0.2) is 0 Å². The molecule has 0 bridgehead atoms. The van der Waals surface area contributed by atoms with E-state index in [-0.39, 0.29) is 5.41 Å². The summed E-state index contributed by atoms with van der Waals surface area (Å²) in [6.07, 6.45) is 4.15. The summed E-state index contributed by atoms with van der Waals surface area (Å²) in [5.41, 5.74) is 8.39. The van der Waals surface area contributed by atoms with Gasteiger partial charge in [0, 0.05) is 64.1 Å². The Bertz CT molecular complexity index is 1550. The number of benzene rings is 3. The van der Waals surface area contributed by atoms with Crippen molar-refractivity contribution in [3.8, 4) is 11.4 Å². The van der Waals surface area contributed by atoms with Crippen LogP contribution < -0.4 is 10.2 Å². The second-order valence-electron chi connectivity index (χ2n) is 12.1. The van der Waals surface area contributed by atoms with Crippen molar-refractivity contribution in [1.29, 1.82) is 0 Å². The summed E-state index contributed by atoms with van der Waals surface area (Å²) in [6.45, 7) is 14.3. The summed E-state index contributed by atoms with van der Waals surface area (Å²) in [5, 5.41) is 3.52. The molecule has 5 aromatic rings. The van der Waals surface area contributed by atoms with Crippen molar-refractivity contribution in [3.63, 3.8) is 0 Å². The lowest BCUT2D eigenvalue weighted by molar-refractivity contribution is 0.247. The molecule has 2 aromatic heterocycles. The number of imidazole rings is 2. The second-order valence-corrected chi connectivity index (χ2v) is 12.1. The van der Waals surface area contributed by atoms with Gasteiger partial charge in [-0.15, -0.1) is 0 Å². The Balaban J connectivity index is 1.03. The summed E-state index contributed by atoms with van der Waals surface area (Å²) >= 11 is 0. The van der Waals surface area contributed by atoms with E-state index < -0.39 is 0 Å². The summed E-state index contributed by atoms with van der Waals surface area (Å²) in [7, 11) is 0. The van der Waals surface area contributed by atoms with Gasteiger partial charge in [0.2, 0.25) is 0 Å². The van der Waals surface area contributed by atoms with Crippen LogP contribution in [0.15, 0.2) is 85.3 Å². The maximum Gasteiger partial charge on any atom is 0.138 e. The fraction of sp³-hybridized carbons (Fsp3) is 0.353. The predicted molar refractivity (Wildman–Crippen MR) is 168 cm³/mol. The topological polar surface area (TPSA) is 65.0 Å². The van der Waals surface area contributed by atoms with Gasteiger partial charge >= 0.3 is 0 Å². The highest BCUT2D eigenvalue weighted by molar-refractivity contribution is 5.91. The van der Waals surface area contributed by atoms with E-state index in [0.717, 1.165) is 80.5 Å². The lowest BCUT2D eigenvalue weighted by atomic mass is 9.87. The van der Waals surface area contributed by atoms with Gasteiger partial charge in [-0.05, 0) is 28.7 Å². The first-order chi connectivity index (χ1) is 19.9. The normalized spacial score (nSPS) is 14.7. The highest BCUT2D eigenvalue weighted by Crippen LogP contribution is 2.30. The molecular formula is C34H41N7. The molecular weight excluding hydrogens is 506 g/mol. The van der Waals surface area contributed by atoms with Crippen LogP contribution in [0.2, 0.25) is 0 Å². The number of nitrogens with zero attached hydrogens (tertiary/aromatic N) is 5. The molecule has 41 heavy (non-hydrogen) atoms. The van der Waals surface area contributed by atoms with Crippen LogP contribution in [0.5, 0.6) is 0 Å². The maximum absolute atomic E-state index is 5.06. The van der Waals surface area contributed by atoms with E-state index in [1.807, 2.05) is 6.33 Å². The summed E-state index contributed by atoms with van der Waals surface area (Å²) in [4.78, 5) is 18.3. The third kappa shape index (κ3) is 6.53. The number of anilines is 1. The zero-order valence-corrected chi connectivity index (χ0v) is 24.5. The first-order valence-electron chi connectivity index (χ1n) is 14.7. The molecule has 0 spiro atoms. The average Bonchev–Trinajstić information content (AvgIpc) is 3.63. The predicted octanol–water partition coefficient (Wildman–Crippen LogP) is 5.84. The Morgan fingerprint density at radius 2 is 1.66 bits per heavy atom. The number of nitrogens with one attached hydrogen (secondary N) is 2. The van der Waals surface area contributed by atoms with Gasteiger partial charge < -0.3 is 19.8 Å². The van der Waals surface area contributed by atoms with E-state index in [1.165, 1.54) is 16.8 Å². The highest BCUT2D eigenvalue weighted by atomic mass is 15.3. The molecule has 3 aromatic carbocycles. The molecule has 0 amide bonds. The molecule has 0 saturated carbocycles. The number of rotatable bonds is 9. The SMILES string of the molecule is CC(C)(C)c1ccc(-c2nc3c(N4CCN(Cc5cn(CCNCc6ccccc6)cn5)CC4)cccc3[nH]2)cc1. The number of aromatic nitrogens is 4. The molecule has 3 heterocycles. The van der Waals surface area contributed by atoms with Crippen LogP contribution in [0.3, 0.4) is 0 Å². The number of para-hydroxylation sites is 1. The largest absolute Gasteiger partial charge is 0.367 e. The van der Waals surface area contributed by atoms with Gasteiger partial charge in [0.25, 0.3) is 0 Å². The minimum absolute atomic E-state index is 0.141. The molecule has 7 nitrogen and oxygen atoms in total. The van der Waals surface area contributed by atoms with E-state index >= 15 is 0 Å². The number of hydrogen-bond donors (Lipinski definition) is 2. The standard InChI is InChI=1S/C34H41N7/c1-34(2,3)28-14-12-27(13-15-28)33-37-30-10-7-11-31(32(30)38-33)41-20-18-39(19-21-41)23-29-24-40(25-36-29)17-16-35-22-26-8-5-4-6-9-26/h4-15,24-25,35H,16-23H2,1-3H3,(H,37,38). The number of hydrogen-bond acceptors (Lipinski definition) is 5. The van der Waals surface area contributed by atoms with Crippen LogP contribution in [0.1, 0.15) is 37.6 Å². The van der Waals surface area contributed by atoms with Gasteiger partial charge in [-0.2, -0.15) is 0 Å². The van der Waals surface area contributed by atoms with Crippen LogP contribution in [-0.4, -0.2) is 57.1 Å². The molecule has 1 aliphatic heterocycles. The Kier molecular flexibility index (Phi) is 7.90. The number of piperazine rings is 1. The van der Waals surface area contributed by atoms with Gasteiger partial charge in [-0.1, -0.05) is 81.4 Å². The van der Waals surface area contributed by atoms with Crippen molar-refractivity contribution < 1.29 is 0 Å². The molecule has 0 radical (unpaired) electrons. The van der Waals surface area contributed by atoms with E-state index in [2.05, 4.69) is 129 Å². The van der Waals surface area contributed by atoms with Crippen LogP contribution >= 0.6 is 0 Å². The monoisotopic (exact) mass is 547 g/mol. The third-order valence-electron chi connectivity index (χ3n) is 8.02. The van der Waals surface area contributed by atoms with Crippen molar-refractivity contribution in [2.75, 3.05) is 37.6 Å². The van der Waals surface area contributed by atoms with E-state index in [9.17, 15) is 0 Å². The Morgan fingerprint density at radius 3 is 2.41 bits per heavy atom. The quantitative estimate of drug-likeness (QED) is 0.227. The number of aromatic amines is 1. The fourth-order valence-electron chi connectivity index (χ4n) is 5.56. The van der Waals surface area contributed by atoms with Crippen molar-refractivity contribution in [1.82, 2.24) is 29.7 Å². The first kappa shape index (κ1) is 27.2. The Hall–Kier alpha value is -3.94. The highest BCUT2D eigenvalue weighted by Gasteiger charge is 2.21. The molecule has 0 atom stereocenters. The second kappa shape index (κ2) is 11.9. The lowest BCUT2D eigenvalue weighted by Crippen LogP contribution is -2.46. The molecule has 1 fully saturated rings. The molecule has 1 aliphatic rings. The van der Waals surface area contributed by atoms with Crippen LogP contribution in [-0.2, 0) is 25.0 Å². The van der Waals surface area contributed by atoms with Crippen molar-refractivity contribution >= 4 is 16.7 Å². The fourth-order valence-corrected chi connectivity index (χ4v) is 5.56. The van der Waals surface area contributed by atoms with Crippen LogP contribution in [0.25, 0.3) is 22.4 Å². The maximum atomic E-state index is 5.06. The molecule has 0 unspecified atom stereocenters. The molecule has 2 N–H and O–H groups in total. The van der Waals surface area contributed by atoms with Crippen molar-refractivity contribution in [2.45, 2.75) is 45.8 Å². The molecule has 7 heteroatoms. The van der Waals surface area contributed by atoms with E-state index in [1.54, 1.807) is 0 Å². The summed E-state index contributed by atoms with van der Waals surface area (Å²) in [5.74, 6) is 0.928. The van der Waals surface area contributed by atoms with Gasteiger partial charge in [-0.3, -0.25) is 4.90 Å². The first-order valence-corrected chi connectivity index (χ1v) is 14.7. The number of H-pyrrole nitrogens is 1. The Labute approximate surface area is 243 Å². The van der Waals surface area contributed by atoms with Crippen LogP contribution in [0.4, 0.5) is 5.69 Å². The lowest BCUT2D eigenvalue weighted by Gasteiger charge is -2.35. The van der Waals surface area contributed by atoms with Crippen molar-refractivity contribution in [3.05, 3.63) is 102 Å². The minimum Gasteiger partial charge on any atom is -0.367 e. The minimum atomic E-state index is 0.141. The van der Waals surface area contributed by atoms with Gasteiger partial charge in [-0.25, -0.2) is 9.97 Å². The van der Waals surface area contributed by atoms with Crippen LogP contribution in [0, 0.1) is 0 Å². The Morgan fingerprint density at radius 1 is 0.878 bits per heavy atom. The smallest absolute Gasteiger partial charge is 0.138 e. The molecule has 6 rings (SSSR count). The van der Waals surface area contributed by atoms with Gasteiger partial charge in [0.05, 0.1) is 23.2 Å². The zero-order chi connectivity index (χ0) is 28.2. The average molecular weight is 548 g/mol. The summed E-state index contributed by atoms with van der Waals surface area (Å²) < 4.78 is 2.19. The summed E-state index contributed by atoms with van der Waals surface area (Å²) in [6, 6.07) is 25.8. The van der Waals surface area contributed by atoms with E-state index in [0.29, 0.717) is 0 Å². The molecule has 1 saturated heterocycles.